The molecule has 0 radical (unpaired) electrons. The van der Waals surface area contributed by atoms with Crippen LogP contribution in [0.4, 0.5) is 0 Å². The minimum atomic E-state index is 0.00507. The Morgan fingerprint density at radius 3 is 2.61 bits per heavy atom. The van der Waals surface area contributed by atoms with Gasteiger partial charge in [-0.15, -0.1) is 0 Å². The van der Waals surface area contributed by atoms with Crippen molar-refractivity contribution in [1.29, 1.82) is 5.41 Å². The molecule has 18 heavy (non-hydrogen) atoms. The Labute approximate surface area is 114 Å². The first-order chi connectivity index (χ1) is 8.65. The van der Waals surface area contributed by atoms with E-state index in [2.05, 4.69) is 18.2 Å². The Morgan fingerprint density at radius 1 is 1.39 bits per heavy atom. The Morgan fingerprint density at radius 2 is 2.06 bits per heavy atom. The van der Waals surface area contributed by atoms with Crippen LogP contribution in [0.1, 0.15) is 17.9 Å². The molecule has 0 spiro atoms. The average Bonchev–Trinajstić information content (AvgIpc) is 2.37. The Bertz CT molecular complexity index is 353. The smallest absolute Gasteiger partial charge is 0.0995 e. The molecule has 1 aromatic carbocycles. The zero-order chi connectivity index (χ0) is 13.4. The summed E-state index contributed by atoms with van der Waals surface area (Å²) in [5.74, 6) is 1.43. The van der Waals surface area contributed by atoms with E-state index in [0.29, 0.717) is 0 Å². The molecule has 4 heteroatoms. The van der Waals surface area contributed by atoms with Gasteiger partial charge in [-0.3, -0.25) is 5.41 Å². The van der Waals surface area contributed by atoms with Crippen LogP contribution in [-0.2, 0) is 0 Å². The van der Waals surface area contributed by atoms with Crippen LogP contribution < -0.4 is 5.73 Å². The molecule has 0 aliphatic rings. The van der Waals surface area contributed by atoms with Crippen LogP contribution in [0.2, 0.25) is 0 Å². The van der Waals surface area contributed by atoms with Crippen molar-refractivity contribution in [2.45, 2.75) is 12.3 Å². The van der Waals surface area contributed by atoms with E-state index < -0.39 is 0 Å². The molecular formula is C14H23N3S. The van der Waals surface area contributed by atoms with Gasteiger partial charge in [0.05, 0.1) is 11.8 Å². The molecule has 0 aromatic heterocycles. The van der Waals surface area contributed by atoms with E-state index in [1.165, 1.54) is 12.2 Å². The summed E-state index contributed by atoms with van der Waals surface area (Å²) in [4.78, 5) is 2.26. The molecule has 0 bridgehead atoms. The van der Waals surface area contributed by atoms with Gasteiger partial charge < -0.3 is 10.6 Å². The molecule has 3 nitrogen and oxygen atoms in total. The molecule has 0 aliphatic heterocycles. The number of thioether (sulfide) groups is 1. The lowest BCUT2D eigenvalue weighted by Crippen LogP contribution is -2.33. The van der Waals surface area contributed by atoms with Gasteiger partial charge in [0, 0.05) is 6.54 Å². The number of hydrogen-bond acceptors (Lipinski definition) is 3. The second-order valence-electron chi connectivity index (χ2n) is 4.53. The Hall–Kier alpha value is -1.00. The highest BCUT2D eigenvalue weighted by atomic mass is 32.2. The molecule has 0 heterocycles. The molecular weight excluding hydrogens is 242 g/mol. The fourth-order valence-electron chi connectivity index (χ4n) is 1.95. The van der Waals surface area contributed by atoms with Gasteiger partial charge >= 0.3 is 0 Å². The summed E-state index contributed by atoms with van der Waals surface area (Å²) in [6, 6.07) is 10.1. The van der Waals surface area contributed by atoms with Crippen LogP contribution in [0.5, 0.6) is 0 Å². The summed E-state index contributed by atoms with van der Waals surface area (Å²) in [5, 5.41) is 7.74. The van der Waals surface area contributed by atoms with Gasteiger partial charge in [-0.25, -0.2) is 0 Å². The van der Waals surface area contributed by atoms with Crippen LogP contribution in [0.3, 0.4) is 0 Å². The second-order valence-corrected chi connectivity index (χ2v) is 5.51. The number of nitrogens with zero attached hydrogens (tertiary/aromatic N) is 1. The zero-order valence-electron chi connectivity index (χ0n) is 11.2. The summed E-state index contributed by atoms with van der Waals surface area (Å²) < 4.78 is 0. The van der Waals surface area contributed by atoms with E-state index in [9.17, 15) is 0 Å². The summed E-state index contributed by atoms with van der Waals surface area (Å²) >= 11 is 1.87. The van der Waals surface area contributed by atoms with Gasteiger partial charge in [0.1, 0.15) is 0 Å². The van der Waals surface area contributed by atoms with Crippen molar-refractivity contribution in [3.8, 4) is 0 Å². The first-order valence-corrected chi connectivity index (χ1v) is 7.61. The molecule has 1 rings (SSSR count). The van der Waals surface area contributed by atoms with Crippen molar-refractivity contribution < 1.29 is 0 Å². The minimum Gasteiger partial charge on any atom is -0.387 e. The zero-order valence-corrected chi connectivity index (χ0v) is 12.0. The fraction of sp³-hybridized carbons (Fsp3) is 0.500. The summed E-state index contributed by atoms with van der Waals surface area (Å²) in [6.07, 6.45) is 3.30. The monoisotopic (exact) mass is 265 g/mol. The van der Waals surface area contributed by atoms with Gasteiger partial charge in [-0.1, -0.05) is 30.3 Å². The van der Waals surface area contributed by atoms with Crippen LogP contribution in [0, 0.1) is 5.41 Å². The van der Waals surface area contributed by atoms with E-state index in [1.54, 1.807) is 0 Å². The number of benzene rings is 1. The molecule has 1 atom stereocenters. The molecule has 0 fully saturated rings. The molecule has 0 aliphatic carbocycles. The number of likely N-dealkylation sites (N-methyl/N-ethyl adjacent to an activating group) is 1. The maximum absolute atomic E-state index is 7.74. The molecule has 0 saturated carbocycles. The van der Waals surface area contributed by atoms with E-state index >= 15 is 0 Å². The van der Waals surface area contributed by atoms with Gasteiger partial charge in [0.25, 0.3) is 0 Å². The van der Waals surface area contributed by atoms with Gasteiger partial charge in [0.15, 0.2) is 0 Å². The molecule has 100 valence electrons. The van der Waals surface area contributed by atoms with Crippen LogP contribution in [-0.4, -0.2) is 42.9 Å². The standard InChI is InChI=1S/C14H23N3S/c1-17(9-6-10-18-2)11-13(14(15)16)12-7-4-3-5-8-12/h3-5,7-8,13H,6,9-11H2,1-2H3,(H3,15,16). The Kier molecular flexibility index (Phi) is 6.83. The molecule has 1 unspecified atom stereocenters. The molecule has 3 N–H and O–H groups in total. The van der Waals surface area contributed by atoms with Gasteiger partial charge in [-0.2, -0.15) is 11.8 Å². The van der Waals surface area contributed by atoms with Crippen LogP contribution >= 0.6 is 11.8 Å². The van der Waals surface area contributed by atoms with Crippen LogP contribution in [0.25, 0.3) is 0 Å². The van der Waals surface area contributed by atoms with Crippen molar-refractivity contribution in [2.24, 2.45) is 5.73 Å². The van der Waals surface area contributed by atoms with Crippen molar-refractivity contribution in [3.05, 3.63) is 35.9 Å². The molecule has 1 aromatic rings. The molecule has 0 amide bonds. The lowest BCUT2D eigenvalue weighted by Gasteiger charge is -2.23. The van der Waals surface area contributed by atoms with E-state index in [1.807, 2.05) is 42.1 Å². The number of rotatable bonds is 8. The van der Waals surface area contributed by atoms with E-state index in [-0.39, 0.29) is 11.8 Å². The molecule has 0 saturated heterocycles. The SMILES string of the molecule is CSCCCN(C)CC(C(=N)N)c1ccccc1. The highest BCUT2D eigenvalue weighted by molar-refractivity contribution is 7.98. The highest BCUT2D eigenvalue weighted by Crippen LogP contribution is 2.16. The number of hydrogen-bond donors (Lipinski definition) is 2. The number of nitrogens with two attached hydrogens (primary N) is 1. The van der Waals surface area contributed by atoms with E-state index in [0.717, 1.165) is 18.7 Å². The predicted octanol–water partition coefficient (Wildman–Crippen LogP) is 2.39. The van der Waals surface area contributed by atoms with Gasteiger partial charge in [0.2, 0.25) is 0 Å². The maximum Gasteiger partial charge on any atom is 0.0995 e. The van der Waals surface area contributed by atoms with Crippen molar-refractivity contribution in [1.82, 2.24) is 4.90 Å². The van der Waals surface area contributed by atoms with Crippen molar-refractivity contribution in [2.75, 3.05) is 32.1 Å². The van der Waals surface area contributed by atoms with Crippen molar-refractivity contribution >= 4 is 17.6 Å². The average molecular weight is 265 g/mol. The maximum atomic E-state index is 7.74. The minimum absolute atomic E-state index is 0.00507. The van der Waals surface area contributed by atoms with Gasteiger partial charge in [-0.05, 0) is 37.6 Å². The predicted molar refractivity (Wildman–Crippen MR) is 81.6 cm³/mol. The lowest BCUT2D eigenvalue weighted by atomic mass is 9.97. The first-order valence-electron chi connectivity index (χ1n) is 6.21. The topological polar surface area (TPSA) is 53.1 Å². The normalized spacial score (nSPS) is 12.6. The summed E-state index contributed by atoms with van der Waals surface area (Å²) in [6.45, 7) is 1.87. The largest absolute Gasteiger partial charge is 0.387 e. The second kappa shape index (κ2) is 8.16. The third kappa shape index (κ3) is 5.10. The number of nitrogens with one attached hydrogen (secondary N) is 1. The third-order valence-electron chi connectivity index (χ3n) is 2.96. The van der Waals surface area contributed by atoms with Crippen molar-refractivity contribution in [3.63, 3.8) is 0 Å². The fourth-order valence-corrected chi connectivity index (χ4v) is 2.37. The quantitative estimate of drug-likeness (QED) is 0.431. The lowest BCUT2D eigenvalue weighted by molar-refractivity contribution is 0.331. The highest BCUT2D eigenvalue weighted by Gasteiger charge is 2.16. The Balaban J connectivity index is 2.56. The van der Waals surface area contributed by atoms with E-state index in [4.69, 9.17) is 11.1 Å². The number of amidine groups is 1. The first kappa shape index (κ1) is 15.1. The summed E-state index contributed by atoms with van der Waals surface area (Å²) in [5.41, 5.74) is 6.85. The third-order valence-corrected chi connectivity index (χ3v) is 3.66. The summed E-state index contributed by atoms with van der Waals surface area (Å²) in [7, 11) is 2.10. The van der Waals surface area contributed by atoms with Crippen LogP contribution in [0.15, 0.2) is 30.3 Å².